The number of carboxylic acids is 1. The van der Waals surface area contributed by atoms with Crippen molar-refractivity contribution in [1.29, 1.82) is 0 Å². The number of nitrogens with zero attached hydrogens (tertiary/aromatic N) is 1. The van der Waals surface area contributed by atoms with Gasteiger partial charge in [-0.1, -0.05) is 54.3 Å². The van der Waals surface area contributed by atoms with Crippen LogP contribution in [-0.2, 0) is 9.59 Å². The summed E-state index contributed by atoms with van der Waals surface area (Å²) in [6.07, 6.45) is 0.773. The highest BCUT2D eigenvalue weighted by atomic mass is 32.2. The zero-order valence-corrected chi connectivity index (χ0v) is 16.3. The maximum Gasteiger partial charge on any atom is 0.344 e. The number of carboxylic acid groups (broad SMARTS) is 1. The number of thiocarbonyl (C=S) groups is 1. The Kier molecular flexibility index (Phi) is 5.62. The monoisotopic (exact) mass is 399 g/mol. The van der Waals surface area contributed by atoms with E-state index in [2.05, 4.69) is 0 Å². The number of hydrogen-bond donors (Lipinski definition) is 1. The number of para-hydroxylation sites is 1. The lowest BCUT2D eigenvalue weighted by Gasteiger charge is -2.16. The molecule has 1 heterocycles. The Morgan fingerprint density at radius 2 is 2.00 bits per heavy atom. The van der Waals surface area contributed by atoms with Gasteiger partial charge >= 0.3 is 5.97 Å². The smallest absolute Gasteiger partial charge is 0.344 e. The standard InChI is InChI=1S/C20H17NO4S2/c1-12-6-3-4-9-16(12)21-18(22)17(27-20(21)26)11-14-7-5-8-15(10-14)25-13(2)19(23)24/h3-11,13H,1-2H3,(H,23,24)/b17-11+. The molecule has 1 N–H and O–H groups in total. The normalized spacial score (nSPS) is 16.7. The maximum absolute atomic E-state index is 12.9. The average molecular weight is 399 g/mol. The number of aliphatic carboxylic acids is 1. The summed E-state index contributed by atoms with van der Waals surface area (Å²) in [4.78, 5) is 25.8. The fourth-order valence-electron chi connectivity index (χ4n) is 2.57. The number of amides is 1. The predicted molar refractivity (Wildman–Crippen MR) is 111 cm³/mol. The van der Waals surface area contributed by atoms with Crippen LogP contribution in [0.4, 0.5) is 5.69 Å². The lowest BCUT2D eigenvalue weighted by Crippen LogP contribution is -2.28. The van der Waals surface area contributed by atoms with E-state index < -0.39 is 12.1 Å². The van der Waals surface area contributed by atoms with Crippen LogP contribution >= 0.6 is 24.0 Å². The molecule has 0 aliphatic carbocycles. The molecule has 138 valence electrons. The van der Waals surface area contributed by atoms with Crippen LogP contribution in [0.3, 0.4) is 0 Å². The van der Waals surface area contributed by atoms with Gasteiger partial charge in [-0.3, -0.25) is 9.69 Å². The van der Waals surface area contributed by atoms with Gasteiger partial charge in [-0.2, -0.15) is 0 Å². The van der Waals surface area contributed by atoms with E-state index in [1.165, 1.54) is 23.6 Å². The van der Waals surface area contributed by atoms with E-state index in [1.54, 1.807) is 24.3 Å². The van der Waals surface area contributed by atoms with Crippen molar-refractivity contribution in [3.05, 3.63) is 64.6 Å². The van der Waals surface area contributed by atoms with Gasteiger partial charge < -0.3 is 9.84 Å². The van der Waals surface area contributed by atoms with Crippen molar-refractivity contribution in [2.45, 2.75) is 20.0 Å². The Morgan fingerprint density at radius 1 is 1.26 bits per heavy atom. The highest BCUT2D eigenvalue weighted by Gasteiger charge is 2.33. The quantitative estimate of drug-likeness (QED) is 0.599. The molecule has 3 rings (SSSR count). The van der Waals surface area contributed by atoms with Gasteiger partial charge in [0.15, 0.2) is 10.4 Å². The first-order valence-electron chi connectivity index (χ1n) is 8.20. The minimum Gasteiger partial charge on any atom is -0.479 e. The summed E-state index contributed by atoms with van der Waals surface area (Å²) in [5.74, 6) is -0.794. The first-order chi connectivity index (χ1) is 12.9. The maximum atomic E-state index is 12.9. The van der Waals surface area contributed by atoms with Crippen molar-refractivity contribution < 1.29 is 19.4 Å². The molecule has 5 nitrogen and oxygen atoms in total. The molecule has 0 saturated carbocycles. The lowest BCUT2D eigenvalue weighted by molar-refractivity contribution is -0.144. The summed E-state index contributed by atoms with van der Waals surface area (Å²) in [5, 5.41) is 8.96. The lowest BCUT2D eigenvalue weighted by atomic mass is 10.1. The van der Waals surface area contributed by atoms with Gasteiger partial charge in [-0.15, -0.1) is 0 Å². The third kappa shape index (κ3) is 4.20. The number of carbonyl (C=O) groups is 2. The van der Waals surface area contributed by atoms with Crippen LogP contribution in [0.5, 0.6) is 5.75 Å². The van der Waals surface area contributed by atoms with E-state index in [1.807, 2.05) is 37.3 Å². The van der Waals surface area contributed by atoms with Crippen LogP contribution in [0.1, 0.15) is 18.1 Å². The Morgan fingerprint density at radius 3 is 2.70 bits per heavy atom. The van der Waals surface area contributed by atoms with E-state index >= 15 is 0 Å². The van der Waals surface area contributed by atoms with Gasteiger partial charge in [0.1, 0.15) is 5.75 Å². The molecule has 0 aromatic heterocycles. The molecule has 0 radical (unpaired) electrons. The van der Waals surface area contributed by atoms with Crippen LogP contribution in [0.15, 0.2) is 53.4 Å². The average Bonchev–Trinajstić information content (AvgIpc) is 2.89. The first kappa shape index (κ1) is 19.1. The third-order valence-electron chi connectivity index (χ3n) is 3.97. The van der Waals surface area contributed by atoms with E-state index in [4.69, 9.17) is 22.1 Å². The summed E-state index contributed by atoms with van der Waals surface area (Å²) in [6.45, 7) is 3.39. The minimum atomic E-state index is -1.04. The Labute approximate surface area is 166 Å². The van der Waals surface area contributed by atoms with Gasteiger partial charge in [0.25, 0.3) is 5.91 Å². The highest BCUT2D eigenvalue weighted by Crippen LogP contribution is 2.37. The minimum absolute atomic E-state index is 0.176. The zero-order chi connectivity index (χ0) is 19.6. The predicted octanol–water partition coefficient (Wildman–Crippen LogP) is 4.25. The molecular weight excluding hydrogens is 382 g/mol. The molecule has 7 heteroatoms. The molecule has 0 spiro atoms. The first-order valence-corrected chi connectivity index (χ1v) is 9.42. The molecular formula is C20H17NO4S2. The molecule has 0 bridgehead atoms. The van der Waals surface area contributed by atoms with Crippen LogP contribution in [0.2, 0.25) is 0 Å². The molecule has 2 aromatic carbocycles. The van der Waals surface area contributed by atoms with Crippen LogP contribution in [0, 0.1) is 6.92 Å². The van der Waals surface area contributed by atoms with Gasteiger partial charge in [-0.25, -0.2) is 4.79 Å². The second kappa shape index (κ2) is 7.94. The second-order valence-electron chi connectivity index (χ2n) is 5.97. The second-order valence-corrected chi connectivity index (χ2v) is 7.65. The Balaban J connectivity index is 1.86. The number of aryl methyl sites for hydroxylation is 1. The van der Waals surface area contributed by atoms with Crippen LogP contribution in [-0.4, -0.2) is 27.4 Å². The largest absolute Gasteiger partial charge is 0.479 e. The Hall–Kier alpha value is -2.64. The van der Waals surface area contributed by atoms with E-state index in [0.29, 0.717) is 15.0 Å². The number of hydrogen-bond acceptors (Lipinski definition) is 5. The van der Waals surface area contributed by atoms with Gasteiger partial charge in [0.05, 0.1) is 10.6 Å². The Bertz CT molecular complexity index is 955. The van der Waals surface area contributed by atoms with Crippen molar-refractivity contribution >= 4 is 51.9 Å². The van der Waals surface area contributed by atoms with Crippen molar-refractivity contribution in [3.8, 4) is 5.75 Å². The molecule has 2 aromatic rings. The van der Waals surface area contributed by atoms with Crippen molar-refractivity contribution in [1.82, 2.24) is 0 Å². The van der Waals surface area contributed by atoms with E-state index in [9.17, 15) is 9.59 Å². The molecule has 1 atom stereocenters. The summed E-state index contributed by atoms with van der Waals surface area (Å²) in [7, 11) is 0. The number of carbonyl (C=O) groups excluding carboxylic acids is 1. The van der Waals surface area contributed by atoms with Crippen molar-refractivity contribution in [2.75, 3.05) is 4.90 Å². The van der Waals surface area contributed by atoms with Gasteiger partial charge in [0.2, 0.25) is 0 Å². The fraction of sp³-hybridized carbons (Fsp3) is 0.150. The summed E-state index contributed by atoms with van der Waals surface area (Å²) < 4.78 is 5.86. The van der Waals surface area contributed by atoms with Crippen molar-refractivity contribution in [3.63, 3.8) is 0 Å². The summed E-state index contributed by atoms with van der Waals surface area (Å²) >= 11 is 6.64. The number of benzene rings is 2. The van der Waals surface area contributed by atoms with Crippen LogP contribution < -0.4 is 9.64 Å². The van der Waals surface area contributed by atoms with Crippen molar-refractivity contribution in [2.24, 2.45) is 0 Å². The van der Waals surface area contributed by atoms with E-state index in [0.717, 1.165) is 16.8 Å². The van der Waals surface area contributed by atoms with Gasteiger partial charge in [0, 0.05) is 0 Å². The number of ether oxygens (including phenoxy) is 1. The SMILES string of the molecule is Cc1ccccc1N1C(=O)/C(=C\c2cccc(OC(C)C(=O)O)c2)SC1=S. The highest BCUT2D eigenvalue weighted by molar-refractivity contribution is 8.27. The molecule has 1 amide bonds. The number of thioether (sulfide) groups is 1. The molecule has 1 unspecified atom stereocenters. The summed E-state index contributed by atoms with van der Waals surface area (Å²) in [5.41, 5.74) is 2.47. The van der Waals surface area contributed by atoms with Gasteiger partial charge in [-0.05, 0) is 49.2 Å². The molecule has 1 saturated heterocycles. The number of rotatable bonds is 5. The molecule has 1 aliphatic heterocycles. The van der Waals surface area contributed by atoms with Crippen LogP contribution in [0.25, 0.3) is 6.08 Å². The molecule has 1 aliphatic rings. The fourth-order valence-corrected chi connectivity index (χ4v) is 3.86. The topological polar surface area (TPSA) is 66.8 Å². The third-order valence-corrected chi connectivity index (χ3v) is 5.27. The molecule has 27 heavy (non-hydrogen) atoms. The zero-order valence-electron chi connectivity index (χ0n) is 14.7. The summed E-state index contributed by atoms with van der Waals surface area (Å²) in [6, 6.07) is 14.5. The van der Waals surface area contributed by atoms with E-state index in [-0.39, 0.29) is 5.91 Å². The number of anilines is 1. The molecule has 1 fully saturated rings.